The quantitative estimate of drug-likeness (QED) is 0.852. The van der Waals surface area contributed by atoms with Crippen molar-refractivity contribution < 1.29 is 14.7 Å². The molecule has 5 heteroatoms. The summed E-state index contributed by atoms with van der Waals surface area (Å²) >= 11 is 5.93. The van der Waals surface area contributed by atoms with E-state index in [0.29, 0.717) is 18.0 Å². The molecule has 2 rings (SSSR count). The van der Waals surface area contributed by atoms with E-state index in [9.17, 15) is 14.7 Å². The minimum Gasteiger partial charge on any atom is -0.503 e. The smallest absolute Gasteiger partial charge is 0.290 e. The van der Waals surface area contributed by atoms with Crippen LogP contribution < -0.4 is 0 Å². The topological polar surface area (TPSA) is 57.6 Å². The highest BCUT2D eigenvalue weighted by molar-refractivity contribution is 6.30. The van der Waals surface area contributed by atoms with Gasteiger partial charge in [-0.05, 0) is 30.0 Å². The molecule has 4 nitrogen and oxygen atoms in total. The van der Waals surface area contributed by atoms with Crippen LogP contribution in [0.25, 0.3) is 0 Å². The van der Waals surface area contributed by atoms with Crippen LogP contribution in [0.2, 0.25) is 5.02 Å². The van der Waals surface area contributed by atoms with Crippen LogP contribution in [0, 0.1) is 5.92 Å². The number of aliphatic hydroxyl groups excluding tert-OH is 1. The Bertz CT molecular complexity index is 634. The van der Waals surface area contributed by atoms with Gasteiger partial charge >= 0.3 is 0 Å². The molecule has 1 amide bonds. The summed E-state index contributed by atoms with van der Waals surface area (Å²) in [4.78, 5) is 26.5. The fourth-order valence-corrected chi connectivity index (χ4v) is 3.01. The van der Waals surface area contributed by atoms with Crippen molar-refractivity contribution in [3.05, 3.63) is 46.2 Å². The molecule has 1 heterocycles. The van der Waals surface area contributed by atoms with Gasteiger partial charge < -0.3 is 10.0 Å². The number of amides is 1. The first-order valence-corrected chi connectivity index (χ1v) is 8.27. The SMILES string of the molecule is CCCN1C(=O)C(O)=C(C(=O)CC(C)C)C1c1ccc(Cl)cc1. The van der Waals surface area contributed by atoms with Crippen molar-refractivity contribution >= 4 is 23.3 Å². The lowest BCUT2D eigenvalue weighted by atomic mass is 9.92. The number of carbonyl (C=O) groups is 2. The van der Waals surface area contributed by atoms with Crippen LogP contribution in [0.1, 0.15) is 45.2 Å². The van der Waals surface area contributed by atoms with E-state index in [4.69, 9.17) is 11.6 Å². The van der Waals surface area contributed by atoms with Gasteiger partial charge in [-0.25, -0.2) is 0 Å². The highest BCUT2D eigenvalue weighted by atomic mass is 35.5. The van der Waals surface area contributed by atoms with E-state index in [0.717, 1.165) is 12.0 Å². The Morgan fingerprint density at radius 2 is 1.91 bits per heavy atom. The summed E-state index contributed by atoms with van der Waals surface area (Å²) in [6.45, 7) is 6.31. The number of nitrogens with zero attached hydrogens (tertiary/aromatic N) is 1. The first kappa shape index (κ1) is 17.5. The third-order valence-electron chi connectivity index (χ3n) is 3.85. The van der Waals surface area contributed by atoms with Crippen LogP contribution in [-0.4, -0.2) is 28.2 Å². The van der Waals surface area contributed by atoms with Gasteiger partial charge in [0.05, 0.1) is 11.6 Å². The van der Waals surface area contributed by atoms with Crippen molar-refractivity contribution in [2.24, 2.45) is 5.92 Å². The van der Waals surface area contributed by atoms with Crippen LogP contribution >= 0.6 is 11.6 Å². The van der Waals surface area contributed by atoms with Crippen molar-refractivity contribution in [3.8, 4) is 0 Å². The number of halogens is 1. The second-order valence-corrected chi connectivity index (χ2v) is 6.67. The van der Waals surface area contributed by atoms with Crippen molar-refractivity contribution in [2.45, 2.75) is 39.7 Å². The first-order valence-electron chi connectivity index (χ1n) is 7.89. The molecule has 0 fully saturated rings. The van der Waals surface area contributed by atoms with Gasteiger partial charge in [-0.1, -0.05) is 44.5 Å². The number of benzene rings is 1. The van der Waals surface area contributed by atoms with E-state index >= 15 is 0 Å². The molecule has 0 radical (unpaired) electrons. The van der Waals surface area contributed by atoms with Gasteiger partial charge in [0.15, 0.2) is 11.5 Å². The van der Waals surface area contributed by atoms with Crippen LogP contribution in [0.15, 0.2) is 35.6 Å². The summed E-state index contributed by atoms with van der Waals surface area (Å²) in [5.74, 6) is -0.906. The van der Waals surface area contributed by atoms with Crippen LogP contribution in [0.3, 0.4) is 0 Å². The summed E-state index contributed by atoms with van der Waals surface area (Å²) in [6, 6.07) is 6.51. The molecule has 0 bridgehead atoms. The zero-order valence-electron chi connectivity index (χ0n) is 13.7. The monoisotopic (exact) mass is 335 g/mol. The lowest BCUT2D eigenvalue weighted by Crippen LogP contribution is -2.31. The number of Topliss-reactive ketones (excluding diaryl/α,β-unsaturated/α-hetero) is 1. The lowest BCUT2D eigenvalue weighted by Gasteiger charge is -2.26. The standard InChI is InChI=1S/C18H22ClNO3/c1-4-9-20-16(12-5-7-13(19)8-6-12)15(17(22)18(20)23)14(21)10-11(2)3/h5-8,11,16,22H,4,9-10H2,1-3H3. The lowest BCUT2D eigenvalue weighted by molar-refractivity contribution is -0.129. The molecule has 0 aliphatic carbocycles. The summed E-state index contributed by atoms with van der Waals surface area (Å²) < 4.78 is 0. The highest BCUT2D eigenvalue weighted by Crippen LogP contribution is 2.38. The molecule has 1 unspecified atom stereocenters. The predicted octanol–water partition coefficient (Wildman–Crippen LogP) is 4.06. The fourth-order valence-electron chi connectivity index (χ4n) is 2.88. The molecule has 1 aromatic carbocycles. The van der Waals surface area contributed by atoms with Gasteiger partial charge in [-0.2, -0.15) is 0 Å². The molecule has 0 saturated heterocycles. The van der Waals surface area contributed by atoms with Gasteiger partial charge in [-0.15, -0.1) is 0 Å². The Hall–Kier alpha value is -1.81. The van der Waals surface area contributed by atoms with E-state index < -0.39 is 17.7 Å². The Labute approximate surface area is 141 Å². The Morgan fingerprint density at radius 1 is 1.30 bits per heavy atom. The van der Waals surface area contributed by atoms with Gasteiger partial charge in [0.25, 0.3) is 5.91 Å². The van der Waals surface area contributed by atoms with Crippen LogP contribution in [0.5, 0.6) is 0 Å². The fraction of sp³-hybridized carbons (Fsp3) is 0.444. The average molecular weight is 336 g/mol. The zero-order chi connectivity index (χ0) is 17.1. The van der Waals surface area contributed by atoms with Crippen molar-refractivity contribution in [1.29, 1.82) is 0 Å². The van der Waals surface area contributed by atoms with Crippen LogP contribution in [0.4, 0.5) is 0 Å². The molecule has 1 aromatic rings. The molecule has 1 aliphatic rings. The molecule has 23 heavy (non-hydrogen) atoms. The molecular formula is C18H22ClNO3. The molecular weight excluding hydrogens is 314 g/mol. The van der Waals surface area contributed by atoms with E-state index in [-0.39, 0.29) is 17.3 Å². The largest absolute Gasteiger partial charge is 0.503 e. The summed E-state index contributed by atoms with van der Waals surface area (Å²) in [5, 5.41) is 10.9. The van der Waals surface area contributed by atoms with E-state index in [2.05, 4.69) is 0 Å². The predicted molar refractivity (Wildman–Crippen MR) is 90.3 cm³/mol. The normalized spacial score (nSPS) is 18.2. The van der Waals surface area contributed by atoms with Crippen LogP contribution in [-0.2, 0) is 9.59 Å². The average Bonchev–Trinajstić information content (AvgIpc) is 2.73. The van der Waals surface area contributed by atoms with Gasteiger partial charge in [-0.3, -0.25) is 9.59 Å². The maximum atomic E-state index is 12.6. The Balaban J connectivity index is 2.48. The number of ketones is 1. The molecule has 0 spiro atoms. The number of aliphatic hydroxyl groups is 1. The summed E-state index contributed by atoms with van der Waals surface area (Å²) in [7, 11) is 0. The maximum Gasteiger partial charge on any atom is 0.290 e. The third kappa shape index (κ3) is 3.58. The summed E-state index contributed by atoms with van der Waals surface area (Å²) in [5.41, 5.74) is 0.992. The molecule has 1 atom stereocenters. The first-order chi connectivity index (χ1) is 10.9. The molecule has 124 valence electrons. The maximum absolute atomic E-state index is 12.6. The Kier molecular flexibility index (Phi) is 5.47. The van der Waals surface area contributed by atoms with Crippen molar-refractivity contribution in [2.75, 3.05) is 6.54 Å². The minimum atomic E-state index is -0.536. The van der Waals surface area contributed by atoms with Gasteiger partial charge in [0.1, 0.15) is 0 Å². The Morgan fingerprint density at radius 3 is 2.43 bits per heavy atom. The molecule has 0 saturated carbocycles. The van der Waals surface area contributed by atoms with E-state index in [1.807, 2.05) is 20.8 Å². The second-order valence-electron chi connectivity index (χ2n) is 6.24. The minimum absolute atomic E-state index is 0.156. The van der Waals surface area contributed by atoms with Gasteiger partial charge in [0.2, 0.25) is 0 Å². The van der Waals surface area contributed by atoms with E-state index in [1.165, 1.54) is 0 Å². The van der Waals surface area contributed by atoms with E-state index in [1.54, 1.807) is 29.2 Å². The molecule has 0 aromatic heterocycles. The molecule has 1 N–H and O–H groups in total. The van der Waals surface area contributed by atoms with Crippen molar-refractivity contribution in [3.63, 3.8) is 0 Å². The molecule has 1 aliphatic heterocycles. The van der Waals surface area contributed by atoms with Gasteiger partial charge in [0, 0.05) is 18.0 Å². The number of hydrogen-bond donors (Lipinski definition) is 1. The summed E-state index contributed by atoms with van der Waals surface area (Å²) in [6.07, 6.45) is 1.05. The third-order valence-corrected chi connectivity index (χ3v) is 4.10. The van der Waals surface area contributed by atoms with Crippen molar-refractivity contribution in [1.82, 2.24) is 4.90 Å². The number of rotatable bonds is 6. The number of carbonyl (C=O) groups excluding carboxylic acids is 2. The number of hydrogen-bond acceptors (Lipinski definition) is 3. The second kappa shape index (κ2) is 7.18. The highest BCUT2D eigenvalue weighted by Gasteiger charge is 2.42. The zero-order valence-corrected chi connectivity index (χ0v) is 14.4.